The summed E-state index contributed by atoms with van der Waals surface area (Å²) in [5.74, 6) is 4.02. The Bertz CT molecular complexity index is 583. The number of hydrogen-bond acceptors (Lipinski definition) is 7. The summed E-state index contributed by atoms with van der Waals surface area (Å²) in [6, 6.07) is 0.449. The van der Waals surface area contributed by atoms with Crippen LogP contribution in [0.15, 0.2) is 9.90 Å². The fourth-order valence-corrected chi connectivity index (χ4v) is 4.45. The lowest BCUT2D eigenvalue weighted by Crippen LogP contribution is -2.34. The van der Waals surface area contributed by atoms with E-state index in [1.807, 2.05) is 18.7 Å². The van der Waals surface area contributed by atoms with E-state index in [4.69, 9.17) is 4.52 Å². The maximum absolute atomic E-state index is 5.50. The highest BCUT2D eigenvalue weighted by Crippen LogP contribution is 2.32. The van der Waals surface area contributed by atoms with Crippen LogP contribution in [0, 0.1) is 6.92 Å². The van der Waals surface area contributed by atoms with Crippen molar-refractivity contribution in [3.05, 3.63) is 27.8 Å². The van der Waals surface area contributed by atoms with Crippen molar-refractivity contribution in [1.82, 2.24) is 20.4 Å². The van der Waals surface area contributed by atoms with Gasteiger partial charge in [0.2, 0.25) is 5.89 Å². The van der Waals surface area contributed by atoms with E-state index in [9.17, 15) is 0 Å². The fraction of sp³-hybridized carbons (Fsp3) is 0.643. The van der Waals surface area contributed by atoms with Crippen LogP contribution >= 0.6 is 23.1 Å². The van der Waals surface area contributed by atoms with Gasteiger partial charge in [0.15, 0.2) is 5.82 Å². The molecule has 2 aromatic heterocycles. The number of aryl methyl sites for hydroxylation is 1. The van der Waals surface area contributed by atoms with E-state index in [0.29, 0.717) is 18.4 Å². The molecule has 5 nitrogen and oxygen atoms in total. The van der Waals surface area contributed by atoms with Gasteiger partial charge in [0.1, 0.15) is 0 Å². The molecule has 0 aromatic carbocycles. The number of thiazole rings is 1. The zero-order chi connectivity index (χ0) is 14.7. The third-order valence-corrected chi connectivity index (χ3v) is 5.56. The molecule has 1 aliphatic rings. The van der Waals surface area contributed by atoms with Crippen LogP contribution in [0.1, 0.15) is 41.7 Å². The highest BCUT2D eigenvalue weighted by Gasteiger charge is 2.33. The lowest BCUT2D eigenvalue weighted by molar-refractivity contribution is 0.336. The van der Waals surface area contributed by atoms with Crippen molar-refractivity contribution in [3.8, 4) is 0 Å². The highest BCUT2D eigenvalue weighted by atomic mass is 32.2. The van der Waals surface area contributed by atoms with E-state index in [0.717, 1.165) is 46.9 Å². The van der Waals surface area contributed by atoms with Crippen LogP contribution in [0.25, 0.3) is 0 Å². The zero-order valence-corrected chi connectivity index (χ0v) is 14.0. The molecule has 0 spiro atoms. The van der Waals surface area contributed by atoms with Crippen molar-refractivity contribution in [3.63, 3.8) is 0 Å². The maximum atomic E-state index is 5.50. The van der Waals surface area contributed by atoms with Crippen molar-refractivity contribution in [2.75, 3.05) is 18.1 Å². The minimum Gasteiger partial charge on any atom is -0.339 e. The topological polar surface area (TPSA) is 63.8 Å². The summed E-state index contributed by atoms with van der Waals surface area (Å²) in [5.41, 5.74) is 1.02. The molecular weight excluding hydrogens is 304 g/mol. The molecule has 3 rings (SSSR count). The van der Waals surface area contributed by atoms with Crippen LogP contribution in [-0.4, -0.2) is 39.2 Å². The number of hydrogen-bond donors (Lipinski definition) is 1. The van der Waals surface area contributed by atoms with Crippen LogP contribution in [0.5, 0.6) is 0 Å². The molecule has 1 saturated heterocycles. The van der Waals surface area contributed by atoms with E-state index in [-0.39, 0.29) is 0 Å². The average Bonchev–Trinajstić information content (AvgIpc) is 3.18. The Morgan fingerprint density at radius 2 is 2.29 bits per heavy atom. The minimum absolute atomic E-state index is 0.333. The summed E-state index contributed by atoms with van der Waals surface area (Å²) in [6.45, 7) is 5.24. The van der Waals surface area contributed by atoms with Gasteiger partial charge in [-0.3, -0.25) is 0 Å². The second kappa shape index (κ2) is 6.89. The van der Waals surface area contributed by atoms with Gasteiger partial charge in [0.05, 0.1) is 23.0 Å². The predicted molar refractivity (Wildman–Crippen MR) is 86.1 cm³/mol. The number of nitrogens with zero attached hydrogens (tertiary/aromatic N) is 3. The Kier molecular flexibility index (Phi) is 4.92. The van der Waals surface area contributed by atoms with Crippen LogP contribution < -0.4 is 5.32 Å². The normalized spacial score (nSPS) is 22.0. The van der Waals surface area contributed by atoms with Gasteiger partial charge < -0.3 is 9.84 Å². The molecule has 7 heteroatoms. The van der Waals surface area contributed by atoms with Gasteiger partial charge in [-0.1, -0.05) is 12.1 Å². The summed E-state index contributed by atoms with van der Waals surface area (Å²) in [4.78, 5) is 9.04. The quantitative estimate of drug-likeness (QED) is 0.881. The molecule has 2 atom stereocenters. The minimum atomic E-state index is 0.333. The second-order valence-corrected chi connectivity index (χ2v) is 7.43. The zero-order valence-electron chi connectivity index (χ0n) is 12.3. The Balaban J connectivity index is 1.66. The summed E-state index contributed by atoms with van der Waals surface area (Å²) >= 11 is 3.61. The third-order valence-electron chi connectivity index (χ3n) is 3.54. The van der Waals surface area contributed by atoms with Gasteiger partial charge >= 0.3 is 0 Å². The van der Waals surface area contributed by atoms with Gasteiger partial charge in [-0.25, -0.2) is 4.98 Å². The average molecular weight is 324 g/mol. The molecule has 3 heterocycles. The number of thioether (sulfide) groups is 1. The van der Waals surface area contributed by atoms with Crippen molar-refractivity contribution in [2.24, 2.45) is 0 Å². The monoisotopic (exact) mass is 324 g/mol. The molecule has 1 fully saturated rings. The molecule has 0 radical (unpaired) electrons. The lowest BCUT2D eigenvalue weighted by Gasteiger charge is -2.16. The molecule has 0 amide bonds. The first-order chi connectivity index (χ1) is 10.3. The van der Waals surface area contributed by atoms with Crippen LogP contribution in [0.2, 0.25) is 0 Å². The number of rotatable bonds is 6. The largest absolute Gasteiger partial charge is 0.339 e. The summed E-state index contributed by atoms with van der Waals surface area (Å²) in [7, 11) is 0. The Labute approximate surface area is 132 Å². The SMILES string of the molecule is CCCNC1CSCC1c1nc(Cc2csc(C)n2)no1. The number of nitrogens with one attached hydrogen (secondary N) is 1. The van der Waals surface area contributed by atoms with Crippen molar-refractivity contribution >= 4 is 23.1 Å². The van der Waals surface area contributed by atoms with Crippen LogP contribution in [-0.2, 0) is 6.42 Å². The smallest absolute Gasteiger partial charge is 0.232 e. The molecule has 0 bridgehead atoms. The summed E-state index contributed by atoms with van der Waals surface area (Å²) < 4.78 is 5.50. The van der Waals surface area contributed by atoms with Crippen molar-refractivity contribution in [2.45, 2.75) is 38.6 Å². The Hall–Kier alpha value is -0.920. The molecule has 1 aliphatic heterocycles. The molecule has 2 aromatic rings. The fourth-order valence-electron chi connectivity index (χ4n) is 2.47. The van der Waals surface area contributed by atoms with Crippen LogP contribution in [0.4, 0.5) is 0 Å². The predicted octanol–water partition coefficient (Wildman–Crippen LogP) is 2.62. The first kappa shape index (κ1) is 15.0. The second-order valence-electron chi connectivity index (χ2n) is 5.29. The van der Waals surface area contributed by atoms with Crippen LogP contribution in [0.3, 0.4) is 0 Å². The van der Waals surface area contributed by atoms with Crippen molar-refractivity contribution < 1.29 is 4.52 Å². The molecule has 2 unspecified atom stereocenters. The Morgan fingerprint density at radius 3 is 3.05 bits per heavy atom. The molecule has 114 valence electrons. The van der Waals surface area contributed by atoms with E-state index in [1.165, 1.54) is 0 Å². The lowest BCUT2D eigenvalue weighted by atomic mass is 10.0. The van der Waals surface area contributed by atoms with E-state index in [1.54, 1.807) is 11.3 Å². The van der Waals surface area contributed by atoms with E-state index >= 15 is 0 Å². The first-order valence-corrected chi connectivity index (χ1v) is 9.34. The third kappa shape index (κ3) is 3.64. The van der Waals surface area contributed by atoms with Crippen molar-refractivity contribution in [1.29, 1.82) is 0 Å². The van der Waals surface area contributed by atoms with E-state index in [2.05, 4.69) is 32.7 Å². The number of aromatic nitrogens is 3. The summed E-state index contributed by atoms with van der Waals surface area (Å²) in [5, 5.41) is 10.8. The van der Waals surface area contributed by atoms with Gasteiger partial charge in [0.25, 0.3) is 0 Å². The maximum Gasteiger partial charge on any atom is 0.232 e. The molecular formula is C14H20N4OS2. The Morgan fingerprint density at radius 1 is 1.38 bits per heavy atom. The highest BCUT2D eigenvalue weighted by molar-refractivity contribution is 7.99. The molecule has 1 N–H and O–H groups in total. The molecule has 0 aliphatic carbocycles. The summed E-state index contributed by atoms with van der Waals surface area (Å²) in [6.07, 6.45) is 1.80. The molecule has 0 saturated carbocycles. The van der Waals surface area contributed by atoms with Gasteiger partial charge in [0, 0.05) is 22.9 Å². The van der Waals surface area contributed by atoms with Gasteiger partial charge in [-0.05, 0) is 19.9 Å². The standard InChI is InChI=1S/C14H20N4OS2/c1-3-4-15-12-8-20-7-11(12)14-17-13(18-19-14)5-10-6-21-9(2)16-10/h6,11-12,15H,3-5,7-8H2,1-2H3. The van der Waals surface area contributed by atoms with Gasteiger partial charge in [-0.2, -0.15) is 16.7 Å². The van der Waals surface area contributed by atoms with E-state index < -0.39 is 0 Å². The first-order valence-electron chi connectivity index (χ1n) is 7.31. The molecule has 21 heavy (non-hydrogen) atoms. The van der Waals surface area contributed by atoms with Gasteiger partial charge in [-0.15, -0.1) is 11.3 Å².